The van der Waals surface area contributed by atoms with Crippen LogP contribution in [-0.4, -0.2) is 50.7 Å². The molecule has 1 amide bonds. The van der Waals surface area contributed by atoms with E-state index in [2.05, 4.69) is 22.3 Å². The quantitative estimate of drug-likeness (QED) is 0.859. The van der Waals surface area contributed by atoms with Crippen molar-refractivity contribution < 1.29 is 9.53 Å². The normalized spacial score (nSPS) is 18.0. The van der Waals surface area contributed by atoms with E-state index in [1.165, 1.54) is 11.2 Å². The standard InChI is InChI=1S/C16H21N5O2/c1-12-6-3-4-9-20(12)15(22)11-21-18-16(17-19-21)13-7-5-8-14(10-13)23-2/h5,7-8,10,12H,3-4,6,9,11H2,1-2H3. The van der Waals surface area contributed by atoms with Gasteiger partial charge in [0, 0.05) is 18.2 Å². The van der Waals surface area contributed by atoms with Gasteiger partial charge in [-0.15, -0.1) is 10.2 Å². The Morgan fingerprint density at radius 2 is 2.26 bits per heavy atom. The molecule has 1 aromatic carbocycles. The molecule has 1 unspecified atom stereocenters. The number of likely N-dealkylation sites (tertiary alicyclic amines) is 1. The van der Waals surface area contributed by atoms with Crippen LogP contribution in [0, 0.1) is 0 Å². The van der Waals surface area contributed by atoms with E-state index < -0.39 is 0 Å². The van der Waals surface area contributed by atoms with Crippen molar-refractivity contribution in [2.24, 2.45) is 0 Å². The van der Waals surface area contributed by atoms with Crippen LogP contribution in [0.25, 0.3) is 11.4 Å². The fraction of sp³-hybridized carbons (Fsp3) is 0.500. The topological polar surface area (TPSA) is 73.1 Å². The van der Waals surface area contributed by atoms with Crippen molar-refractivity contribution in [2.45, 2.75) is 38.8 Å². The van der Waals surface area contributed by atoms with Gasteiger partial charge in [-0.1, -0.05) is 12.1 Å². The second-order valence-corrected chi connectivity index (χ2v) is 5.81. The number of ether oxygens (including phenoxy) is 1. The van der Waals surface area contributed by atoms with Crippen LogP contribution in [0.5, 0.6) is 5.75 Å². The molecule has 1 aromatic heterocycles. The minimum Gasteiger partial charge on any atom is -0.497 e. The van der Waals surface area contributed by atoms with Crippen molar-refractivity contribution in [3.63, 3.8) is 0 Å². The molecule has 1 saturated heterocycles. The Bertz CT molecular complexity index is 685. The Kier molecular flexibility index (Phi) is 4.55. The Hall–Kier alpha value is -2.44. The number of aromatic nitrogens is 4. The van der Waals surface area contributed by atoms with Crippen LogP contribution in [0.1, 0.15) is 26.2 Å². The highest BCUT2D eigenvalue weighted by molar-refractivity contribution is 5.76. The first-order valence-electron chi connectivity index (χ1n) is 7.89. The Morgan fingerprint density at radius 3 is 3.04 bits per heavy atom. The number of benzene rings is 1. The second-order valence-electron chi connectivity index (χ2n) is 5.81. The average Bonchev–Trinajstić information content (AvgIpc) is 3.03. The van der Waals surface area contributed by atoms with Crippen LogP contribution in [0.4, 0.5) is 0 Å². The summed E-state index contributed by atoms with van der Waals surface area (Å²) >= 11 is 0. The number of carbonyl (C=O) groups excluding carboxylic acids is 1. The smallest absolute Gasteiger partial charge is 0.246 e. The Morgan fingerprint density at radius 1 is 1.39 bits per heavy atom. The second kappa shape index (κ2) is 6.76. The lowest BCUT2D eigenvalue weighted by atomic mass is 10.0. The molecular weight excluding hydrogens is 294 g/mol. The maximum absolute atomic E-state index is 12.4. The van der Waals surface area contributed by atoms with Gasteiger partial charge in [0.1, 0.15) is 12.3 Å². The molecule has 2 aromatic rings. The highest BCUT2D eigenvalue weighted by atomic mass is 16.5. The third kappa shape index (κ3) is 3.49. The summed E-state index contributed by atoms with van der Waals surface area (Å²) in [4.78, 5) is 15.7. The van der Waals surface area contributed by atoms with Gasteiger partial charge in [0.25, 0.3) is 0 Å². The van der Waals surface area contributed by atoms with E-state index in [1.807, 2.05) is 29.2 Å². The first-order valence-corrected chi connectivity index (χ1v) is 7.89. The number of tetrazole rings is 1. The Balaban J connectivity index is 1.70. The fourth-order valence-electron chi connectivity index (χ4n) is 2.87. The van der Waals surface area contributed by atoms with Gasteiger partial charge in [0.15, 0.2) is 0 Å². The minimum atomic E-state index is 0.0480. The van der Waals surface area contributed by atoms with Crippen molar-refractivity contribution in [1.82, 2.24) is 25.1 Å². The zero-order valence-electron chi connectivity index (χ0n) is 13.5. The minimum absolute atomic E-state index is 0.0480. The number of amides is 1. The van der Waals surface area contributed by atoms with Crippen LogP contribution in [0.3, 0.4) is 0 Å². The predicted molar refractivity (Wildman–Crippen MR) is 84.8 cm³/mol. The lowest BCUT2D eigenvalue weighted by Gasteiger charge is -2.33. The number of carbonyl (C=O) groups is 1. The van der Waals surface area contributed by atoms with Crippen LogP contribution in [-0.2, 0) is 11.3 Å². The maximum atomic E-state index is 12.4. The largest absolute Gasteiger partial charge is 0.497 e. The monoisotopic (exact) mass is 315 g/mol. The molecule has 1 fully saturated rings. The first kappa shape index (κ1) is 15.5. The molecule has 0 radical (unpaired) electrons. The van der Waals surface area contributed by atoms with E-state index in [0.717, 1.165) is 30.7 Å². The van der Waals surface area contributed by atoms with E-state index in [4.69, 9.17) is 4.74 Å². The lowest BCUT2D eigenvalue weighted by molar-refractivity contribution is -0.135. The molecule has 0 saturated carbocycles. The van der Waals surface area contributed by atoms with Crippen LogP contribution in [0.15, 0.2) is 24.3 Å². The van der Waals surface area contributed by atoms with Gasteiger partial charge in [0.05, 0.1) is 7.11 Å². The molecule has 2 heterocycles. The number of piperidine rings is 1. The molecule has 0 N–H and O–H groups in total. The van der Waals surface area contributed by atoms with Gasteiger partial charge in [-0.25, -0.2) is 0 Å². The molecule has 1 atom stereocenters. The van der Waals surface area contributed by atoms with Gasteiger partial charge in [-0.05, 0) is 43.5 Å². The van der Waals surface area contributed by atoms with Crippen LogP contribution < -0.4 is 4.74 Å². The molecule has 0 aliphatic carbocycles. The fourth-order valence-corrected chi connectivity index (χ4v) is 2.87. The predicted octanol–water partition coefficient (Wildman–Crippen LogP) is 1.75. The molecule has 7 heteroatoms. The third-order valence-electron chi connectivity index (χ3n) is 4.18. The summed E-state index contributed by atoms with van der Waals surface area (Å²) in [6.07, 6.45) is 3.31. The van der Waals surface area contributed by atoms with Crippen molar-refractivity contribution in [3.8, 4) is 17.1 Å². The van der Waals surface area contributed by atoms with E-state index in [-0.39, 0.29) is 18.5 Å². The summed E-state index contributed by atoms with van der Waals surface area (Å²) in [6, 6.07) is 7.75. The van der Waals surface area contributed by atoms with Crippen LogP contribution >= 0.6 is 0 Å². The van der Waals surface area contributed by atoms with Gasteiger partial charge in [-0.2, -0.15) is 4.80 Å². The lowest BCUT2D eigenvalue weighted by Crippen LogP contribution is -2.43. The summed E-state index contributed by atoms with van der Waals surface area (Å²) in [5.41, 5.74) is 0.814. The molecular formula is C16H21N5O2. The number of rotatable bonds is 4. The van der Waals surface area contributed by atoms with Crippen LogP contribution in [0.2, 0.25) is 0 Å². The van der Waals surface area contributed by atoms with Crippen molar-refractivity contribution in [3.05, 3.63) is 24.3 Å². The summed E-state index contributed by atoms with van der Waals surface area (Å²) in [5, 5.41) is 12.3. The molecule has 0 spiro atoms. The zero-order chi connectivity index (χ0) is 16.2. The average molecular weight is 315 g/mol. The van der Waals surface area contributed by atoms with Crippen molar-refractivity contribution in [2.75, 3.05) is 13.7 Å². The van der Waals surface area contributed by atoms with E-state index in [0.29, 0.717) is 5.82 Å². The highest BCUT2D eigenvalue weighted by Crippen LogP contribution is 2.20. The Labute approximate surface area is 135 Å². The summed E-state index contributed by atoms with van der Waals surface area (Å²) in [6.45, 7) is 3.03. The molecule has 122 valence electrons. The third-order valence-corrected chi connectivity index (χ3v) is 4.18. The highest BCUT2D eigenvalue weighted by Gasteiger charge is 2.23. The number of methoxy groups -OCH3 is 1. The number of hydrogen-bond donors (Lipinski definition) is 0. The molecule has 1 aliphatic rings. The van der Waals surface area contributed by atoms with Crippen molar-refractivity contribution >= 4 is 5.91 Å². The molecule has 3 rings (SSSR count). The van der Waals surface area contributed by atoms with Gasteiger partial charge < -0.3 is 9.64 Å². The zero-order valence-corrected chi connectivity index (χ0v) is 13.5. The van der Waals surface area contributed by atoms with E-state index in [9.17, 15) is 4.79 Å². The molecule has 7 nitrogen and oxygen atoms in total. The van der Waals surface area contributed by atoms with Crippen molar-refractivity contribution in [1.29, 1.82) is 0 Å². The number of nitrogens with zero attached hydrogens (tertiary/aromatic N) is 5. The summed E-state index contributed by atoms with van der Waals surface area (Å²) < 4.78 is 5.20. The van der Waals surface area contributed by atoms with E-state index in [1.54, 1.807) is 7.11 Å². The van der Waals surface area contributed by atoms with Gasteiger partial charge in [0.2, 0.25) is 11.7 Å². The number of hydrogen-bond acceptors (Lipinski definition) is 5. The first-order chi connectivity index (χ1) is 11.2. The SMILES string of the molecule is COc1cccc(-c2nnn(CC(=O)N3CCCCC3C)n2)c1. The van der Waals surface area contributed by atoms with E-state index >= 15 is 0 Å². The summed E-state index contributed by atoms with van der Waals surface area (Å²) in [5.74, 6) is 1.27. The molecule has 23 heavy (non-hydrogen) atoms. The molecule has 1 aliphatic heterocycles. The summed E-state index contributed by atoms with van der Waals surface area (Å²) in [7, 11) is 1.61. The van der Waals surface area contributed by atoms with Gasteiger partial charge >= 0.3 is 0 Å². The maximum Gasteiger partial charge on any atom is 0.246 e. The van der Waals surface area contributed by atoms with Gasteiger partial charge in [-0.3, -0.25) is 4.79 Å². The molecule has 0 bridgehead atoms.